The highest BCUT2D eigenvalue weighted by Crippen LogP contribution is 2.08. The van der Waals surface area contributed by atoms with E-state index in [1.165, 1.54) is 5.75 Å². The molecular formula is C12H28IN3OS. The summed E-state index contributed by atoms with van der Waals surface area (Å²) in [7, 11) is 1.68. The molecule has 4 nitrogen and oxygen atoms in total. The minimum atomic E-state index is 0. The monoisotopic (exact) mass is 389 g/mol. The molecule has 18 heavy (non-hydrogen) atoms. The Morgan fingerprint density at radius 1 is 1.39 bits per heavy atom. The van der Waals surface area contributed by atoms with E-state index in [-0.39, 0.29) is 30.0 Å². The van der Waals surface area contributed by atoms with E-state index in [9.17, 15) is 0 Å². The first-order chi connectivity index (χ1) is 8.06. The number of hydrogen-bond acceptors (Lipinski definition) is 3. The lowest BCUT2D eigenvalue weighted by molar-refractivity contribution is 0.179. The number of hydrogen-bond donors (Lipinski definition) is 2. The van der Waals surface area contributed by atoms with Gasteiger partial charge in [0.15, 0.2) is 5.96 Å². The van der Waals surface area contributed by atoms with Crippen LogP contribution in [0.15, 0.2) is 4.99 Å². The van der Waals surface area contributed by atoms with Crippen molar-refractivity contribution in [2.24, 2.45) is 16.6 Å². The number of methoxy groups -OCH3 is 1. The summed E-state index contributed by atoms with van der Waals surface area (Å²) < 4.78 is 5.01. The summed E-state index contributed by atoms with van der Waals surface area (Å²) in [5.41, 5.74) is 5.74. The Bertz CT molecular complexity index is 215. The van der Waals surface area contributed by atoms with Gasteiger partial charge in [-0.2, -0.15) is 11.8 Å². The maximum atomic E-state index is 5.74. The van der Waals surface area contributed by atoms with Crippen molar-refractivity contribution in [3.63, 3.8) is 0 Å². The second kappa shape index (κ2) is 13.7. The zero-order valence-corrected chi connectivity index (χ0v) is 15.1. The molecule has 1 atom stereocenters. The Balaban J connectivity index is 0. The molecule has 0 amide bonds. The second-order valence-electron chi connectivity index (χ2n) is 4.59. The summed E-state index contributed by atoms with van der Waals surface area (Å²) in [4.78, 5) is 4.28. The molecule has 0 aliphatic rings. The van der Waals surface area contributed by atoms with Crippen molar-refractivity contribution >= 4 is 41.7 Å². The van der Waals surface area contributed by atoms with E-state index < -0.39 is 0 Å². The smallest absolute Gasteiger partial charge is 0.188 e. The summed E-state index contributed by atoms with van der Waals surface area (Å²) in [6.07, 6.45) is 1.08. The highest BCUT2D eigenvalue weighted by molar-refractivity contribution is 14.0. The van der Waals surface area contributed by atoms with Crippen LogP contribution in [0.1, 0.15) is 27.2 Å². The lowest BCUT2D eigenvalue weighted by atomic mass is 10.3. The molecule has 0 aromatic heterocycles. The Morgan fingerprint density at radius 3 is 2.61 bits per heavy atom. The maximum Gasteiger partial charge on any atom is 0.188 e. The van der Waals surface area contributed by atoms with Crippen LogP contribution in [-0.2, 0) is 4.74 Å². The number of halogens is 1. The van der Waals surface area contributed by atoms with Gasteiger partial charge in [0.25, 0.3) is 0 Å². The summed E-state index contributed by atoms with van der Waals surface area (Å²) in [5.74, 6) is 3.67. The van der Waals surface area contributed by atoms with Crippen molar-refractivity contribution in [1.29, 1.82) is 0 Å². The lowest BCUT2D eigenvalue weighted by Crippen LogP contribution is -2.40. The number of aliphatic imine (C=N–C) groups is 1. The van der Waals surface area contributed by atoms with Gasteiger partial charge in [-0.05, 0) is 30.8 Å². The van der Waals surface area contributed by atoms with Crippen LogP contribution in [0.4, 0.5) is 0 Å². The number of ether oxygens (including phenoxy) is 1. The van der Waals surface area contributed by atoms with Crippen LogP contribution >= 0.6 is 35.7 Å². The maximum absolute atomic E-state index is 5.74. The SMILES string of the molecule is COCC(C)NC(N)=NCCCSCC(C)C.I. The molecule has 0 spiro atoms. The van der Waals surface area contributed by atoms with Crippen LogP contribution in [0.3, 0.4) is 0 Å². The second-order valence-corrected chi connectivity index (χ2v) is 5.74. The third-order valence-electron chi connectivity index (χ3n) is 1.99. The predicted molar refractivity (Wildman–Crippen MR) is 93.2 cm³/mol. The minimum absolute atomic E-state index is 0. The standard InChI is InChI=1S/C12H27N3OS.HI/c1-10(2)9-17-7-5-6-14-12(13)15-11(3)8-16-4;/h10-11H,5-9H2,1-4H3,(H3,13,14,15);1H. The number of nitrogens with one attached hydrogen (secondary N) is 1. The van der Waals surface area contributed by atoms with E-state index in [1.54, 1.807) is 7.11 Å². The van der Waals surface area contributed by atoms with Crippen molar-refractivity contribution in [1.82, 2.24) is 5.32 Å². The summed E-state index contributed by atoms with van der Waals surface area (Å²) in [6.45, 7) is 7.93. The highest BCUT2D eigenvalue weighted by Gasteiger charge is 2.00. The van der Waals surface area contributed by atoms with Gasteiger partial charge in [-0.3, -0.25) is 4.99 Å². The molecule has 0 aromatic rings. The van der Waals surface area contributed by atoms with Gasteiger partial charge in [-0.1, -0.05) is 13.8 Å². The zero-order chi connectivity index (χ0) is 13.1. The molecule has 0 aliphatic heterocycles. The third-order valence-corrected chi connectivity index (χ3v) is 3.47. The van der Waals surface area contributed by atoms with Gasteiger partial charge in [0, 0.05) is 19.7 Å². The van der Waals surface area contributed by atoms with Gasteiger partial charge in [0.1, 0.15) is 0 Å². The number of nitrogens with two attached hydrogens (primary N) is 1. The van der Waals surface area contributed by atoms with Gasteiger partial charge < -0.3 is 15.8 Å². The molecule has 1 unspecified atom stereocenters. The summed E-state index contributed by atoms with van der Waals surface area (Å²) in [5, 5.41) is 3.09. The average molecular weight is 389 g/mol. The van der Waals surface area contributed by atoms with Crippen LogP contribution in [0.5, 0.6) is 0 Å². The van der Waals surface area contributed by atoms with E-state index >= 15 is 0 Å². The highest BCUT2D eigenvalue weighted by atomic mass is 127. The quantitative estimate of drug-likeness (QED) is 0.275. The molecular weight excluding hydrogens is 361 g/mol. The van der Waals surface area contributed by atoms with Crippen molar-refractivity contribution in [2.45, 2.75) is 33.2 Å². The molecule has 0 radical (unpaired) electrons. The molecule has 0 heterocycles. The molecule has 0 saturated heterocycles. The van der Waals surface area contributed by atoms with Crippen LogP contribution in [0, 0.1) is 5.92 Å². The van der Waals surface area contributed by atoms with Crippen molar-refractivity contribution in [3.8, 4) is 0 Å². The van der Waals surface area contributed by atoms with E-state index in [0.29, 0.717) is 12.6 Å². The Hall–Kier alpha value is 0.310. The topological polar surface area (TPSA) is 59.6 Å². The number of thioether (sulfide) groups is 1. The van der Waals surface area contributed by atoms with Gasteiger partial charge in [0.2, 0.25) is 0 Å². The Morgan fingerprint density at radius 2 is 2.06 bits per heavy atom. The Kier molecular flexibility index (Phi) is 15.7. The first kappa shape index (κ1) is 20.6. The van der Waals surface area contributed by atoms with E-state index in [4.69, 9.17) is 10.5 Å². The molecule has 0 fully saturated rings. The fourth-order valence-corrected chi connectivity index (χ4v) is 2.25. The largest absolute Gasteiger partial charge is 0.383 e. The molecule has 6 heteroatoms. The van der Waals surface area contributed by atoms with Crippen LogP contribution in [0.25, 0.3) is 0 Å². The molecule has 3 N–H and O–H groups in total. The van der Waals surface area contributed by atoms with E-state index in [2.05, 4.69) is 24.2 Å². The molecule has 0 aliphatic carbocycles. The van der Waals surface area contributed by atoms with Gasteiger partial charge in [-0.25, -0.2) is 0 Å². The molecule has 0 aromatic carbocycles. The van der Waals surface area contributed by atoms with E-state index in [1.807, 2.05) is 18.7 Å². The molecule has 0 bridgehead atoms. The lowest BCUT2D eigenvalue weighted by Gasteiger charge is -2.12. The fourth-order valence-electron chi connectivity index (χ4n) is 1.27. The minimum Gasteiger partial charge on any atom is -0.383 e. The number of rotatable bonds is 9. The third kappa shape index (κ3) is 14.4. The normalized spacial score (nSPS) is 13.3. The number of guanidine groups is 1. The molecule has 110 valence electrons. The zero-order valence-electron chi connectivity index (χ0n) is 11.9. The average Bonchev–Trinajstić information content (AvgIpc) is 2.23. The summed E-state index contributed by atoms with van der Waals surface area (Å²) in [6, 6.07) is 0.207. The van der Waals surface area contributed by atoms with Crippen molar-refractivity contribution < 1.29 is 4.74 Å². The van der Waals surface area contributed by atoms with Crippen molar-refractivity contribution in [3.05, 3.63) is 0 Å². The molecule has 0 rings (SSSR count). The van der Waals surface area contributed by atoms with Crippen LogP contribution < -0.4 is 11.1 Å². The van der Waals surface area contributed by atoms with E-state index in [0.717, 1.165) is 24.6 Å². The fraction of sp³-hybridized carbons (Fsp3) is 0.917. The number of nitrogens with zero attached hydrogens (tertiary/aromatic N) is 1. The van der Waals surface area contributed by atoms with Crippen LogP contribution in [0.2, 0.25) is 0 Å². The van der Waals surface area contributed by atoms with Crippen molar-refractivity contribution in [2.75, 3.05) is 31.8 Å². The van der Waals surface area contributed by atoms with Gasteiger partial charge in [0.05, 0.1) is 6.61 Å². The Labute approximate surface area is 133 Å². The van der Waals surface area contributed by atoms with Gasteiger partial charge in [-0.15, -0.1) is 24.0 Å². The summed E-state index contributed by atoms with van der Waals surface area (Å²) >= 11 is 1.98. The predicted octanol–water partition coefficient (Wildman–Crippen LogP) is 2.32. The molecule has 0 saturated carbocycles. The first-order valence-corrected chi connectivity index (χ1v) is 7.34. The first-order valence-electron chi connectivity index (χ1n) is 6.19. The van der Waals surface area contributed by atoms with Gasteiger partial charge >= 0.3 is 0 Å². The van der Waals surface area contributed by atoms with Crippen LogP contribution in [-0.4, -0.2) is 43.8 Å².